The van der Waals surface area contributed by atoms with Crippen molar-refractivity contribution in [1.29, 1.82) is 0 Å². The monoisotopic (exact) mass is 232 g/mol. The van der Waals surface area contributed by atoms with Gasteiger partial charge in [-0.15, -0.1) is 0 Å². The van der Waals surface area contributed by atoms with Gasteiger partial charge in [0.1, 0.15) is 6.10 Å². The first-order valence-electron chi connectivity index (χ1n) is 5.25. The Hall–Kier alpha value is -0.260. The van der Waals surface area contributed by atoms with Crippen molar-refractivity contribution in [3.63, 3.8) is 0 Å². The summed E-state index contributed by atoms with van der Waals surface area (Å²) in [7, 11) is 1.53. The summed E-state index contributed by atoms with van der Waals surface area (Å²) in [5.74, 6) is 0.0269. The van der Waals surface area contributed by atoms with E-state index in [0.29, 0.717) is 10.5 Å². The second kappa shape index (κ2) is 5.72. The van der Waals surface area contributed by atoms with Crippen LogP contribution in [-0.4, -0.2) is 54.2 Å². The number of nitrogens with zero attached hydrogens (tertiary/aromatic N) is 1. The van der Waals surface area contributed by atoms with Crippen molar-refractivity contribution >= 4 is 17.7 Å². The number of carbonyl (C=O) groups is 1. The lowest BCUT2D eigenvalue weighted by Gasteiger charge is -2.36. The van der Waals surface area contributed by atoms with Crippen LogP contribution in [0.2, 0.25) is 0 Å². The molecule has 1 rings (SSSR count). The quantitative estimate of drug-likeness (QED) is 0.761. The SMILES string of the molecule is COC(CN)C(=O)N1CC(C)SC(C)C1. The van der Waals surface area contributed by atoms with E-state index in [1.54, 1.807) is 0 Å². The zero-order valence-electron chi connectivity index (χ0n) is 9.60. The highest BCUT2D eigenvalue weighted by Gasteiger charge is 2.29. The average molecular weight is 232 g/mol. The largest absolute Gasteiger partial charge is 0.370 e. The summed E-state index contributed by atoms with van der Waals surface area (Å²) >= 11 is 1.92. The van der Waals surface area contributed by atoms with Gasteiger partial charge in [0, 0.05) is 37.2 Å². The van der Waals surface area contributed by atoms with Crippen LogP contribution in [0.5, 0.6) is 0 Å². The van der Waals surface area contributed by atoms with Gasteiger partial charge >= 0.3 is 0 Å². The predicted molar refractivity (Wildman–Crippen MR) is 62.9 cm³/mol. The molecule has 15 heavy (non-hydrogen) atoms. The smallest absolute Gasteiger partial charge is 0.253 e. The summed E-state index contributed by atoms with van der Waals surface area (Å²) in [6.07, 6.45) is -0.479. The molecule has 1 aliphatic rings. The summed E-state index contributed by atoms with van der Waals surface area (Å²) in [4.78, 5) is 13.8. The predicted octanol–water partition coefficient (Wildman–Crippen LogP) is 0.313. The number of amides is 1. The Balaban J connectivity index is 2.58. The Morgan fingerprint density at radius 1 is 1.53 bits per heavy atom. The summed E-state index contributed by atoms with van der Waals surface area (Å²) < 4.78 is 5.06. The molecule has 0 aliphatic carbocycles. The van der Waals surface area contributed by atoms with Crippen LogP contribution in [-0.2, 0) is 9.53 Å². The minimum Gasteiger partial charge on any atom is -0.370 e. The molecule has 0 radical (unpaired) electrons. The Labute approximate surface area is 95.5 Å². The lowest BCUT2D eigenvalue weighted by atomic mass is 10.2. The minimum absolute atomic E-state index is 0.0269. The molecule has 2 N–H and O–H groups in total. The van der Waals surface area contributed by atoms with E-state index in [-0.39, 0.29) is 12.5 Å². The van der Waals surface area contributed by atoms with Gasteiger partial charge in [-0.3, -0.25) is 4.79 Å². The molecule has 5 heteroatoms. The van der Waals surface area contributed by atoms with Gasteiger partial charge in [0.25, 0.3) is 5.91 Å². The third-order valence-corrected chi connectivity index (χ3v) is 3.73. The molecular weight excluding hydrogens is 212 g/mol. The fraction of sp³-hybridized carbons (Fsp3) is 0.900. The molecule has 1 amide bonds. The summed E-state index contributed by atoms with van der Waals surface area (Å²) in [5, 5.41) is 0.987. The fourth-order valence-corrected chi connectivity index (χ4v) is 3.18. The van der Waals surface area contributed by atoms with Gasteiger partial charge < -0.3 is 15.4 Å². The zero-order chi connectivity index (χ0) is 11.4. The van der Waals surface area contributed by atoms with E-state index in [1.165, 1.54) is 7.11 Å². The van der Waals surface area contributed by atoms with E-state index in [2.05, 4.69) is 13.8 Å². The molecule has 4 nitrogen and oxygen atoms in total. The van der Waals surface area contributed by atoms with Crippen molar-refractivity contribution < 1.29 is 9.53 Å². The summed E-state index contributed by atoms with van der Waals surface area (Å²) in [5.41, 5.74) is 5.48. The standard InChI is InChI=1S/C10H20N2O2S/c1-7-5-12(6-8(2)15-7)10(13)9(4-11)14-3/h7-9H,4-6,11H2,1-3H3. The van der Waals surface area contributed by atoms with Crippen LogP contribution in [0, 0.1) is 0 Å². The molecule has 1 heterocycles. The number of methoxy groups -OCH3 is 1. The molecule has 88 valence electrons. The maximum absolute atomic E-state index is 12.0. The van der Waals surface area contributed by atoms with E-state index in [0.717, 1.165) is 13.1 Å². The number of thioether (sulfide) groups is 1. The van der Waals surface area contributed by atoms with Gasteiger partial charge in [-0.1, -0.05) is 13.8 Å². The highest BCUT2D eigenvalue weighted by molar-refractivity contribution is 8.00. The first-order chi connectivity index (χ1) is 7.08. The lowest BCUT2D eigenvalue weighted by molar-refractivity contribution is -0.141. The van der Waals surface area contributed by atoms with Crippen LogP contribution in [0.25, 0.3) is 0 Å². The number of nitrogens with two attached hydrogens (primary N) is 1. The molecule has 3 unspecified atom stereocenters. The van der Waals surface area contributed by atoms with Gasteiger partial charge in [0.05, 0.1) is 0 Å². The molecule has 1 saturated heterocycles. The first kappa shape index (κ1) is 12.8. The van der Waals surface area contributed by atoms with Crippen molar-refractivity contribution in [2.75, 3.05) is 26.7 Å². The number of rotatable bonds is 3. The Morgan fingerprint density at radius 3 is 2.47 bits per heavy atom. The summed E-state index contributed by atoms with van der Waals surface area (Å²) in [6, 6.07) is 0. The molecule has 0 aromatic carbocycles. The van der Waals surface area contributed by atoms with Crippen LogP contribution in [0.3, 0.4) is 0 Å². The van der Waals surface area contributed by atoms with Gasteiger partial charge in [-0.05, 0) is 0 Å². The van der Waals surface area contributed by atoms with Crippen LogP contribution in [0.4, 0.5) is 0 Å². The molecule has 3 atom stereocenters. The van der Waals surface area contributed by atoms with Crippen LogP contribution < -0.4 is 5.73 Å². The van der Waals surface area contributed by atoms with Gasteiger partial charge in [0.15, 0.2) is 0 Å². The first-order valence-corrected chi connectivity index (χ1v) is 6.19. The van der Waals surface area contributed by atoms with Gasteiger partial charge in [0.2, 0.25) is 0 Å². The Bertz CT molecular complexity index is 211. The van der Waals surface area contributed by atoms with E-state index >= 15 is 0 Å². The van der Waals surface area contributed by atoms with Gasteiger partial charge in [-0.2, -0.15) is 11.8 Å². The van der Waals surface area contributed by atoms with Crippen LogP contribution >= 0.6 is 11.8 Å². The average Bonchev–Trinajstić information content (AvgIpc) is 2.18. The van der Waals surface area contributed by atoms with Crippen molar-refractivity contribution in [1.82, 2.24) is 4.90 Å². The van der Waals surface area contributed by atoms with Crippen molar-refractivity contribution in [2.24, 2.45) is 5.73 Å². The highest BCUT2D eigenvalue weighted by atomic mass is 32.2. The second-order valence-electron chi connectivity index (χ2n) is 3.96. The lowest BCUT2D eigenvalue weighted by Crippen LogP contribution is -2.50. The molecule has 0 saturated carbocycles. The molecule has 0 aromatic rings. The molecule has 0 aromatic heterocycles. The maximum Gasteiger partial charge on any atom is 0.253 e. The summed E-state index contributed by atoms with van der Waals surface area (Å²) in [6.45, 7) is 6.14. The molecule has 0 bridgehead atoms. The normalized spacial score (nSPS) is 28.9. The van der Waals surface area contributed by atoms with Crippen molar-refractivity contribution in [3.8, 4) is 0 Å². The number of ether oxygens (including phenoxy) is 1. The maximum atomic E-state index is 12.0. The second-order valence-corrected chi connectivity index (χ2v) is 5.84. The van der Waals surface area contributed by atoms with Crippen molar-refractivity contribution in [2.45, 2.75) is 30.5 Å². The van der Waals surface area contributed by atoms with E-state index < -0.39 is 6.10 Å². The molecule has 0 spiro atoms. The minimum atomic E-state index is -0.479. The van der Waals surface area contributed by atoms with Crippen LogP contribution in [0.15, 0.2) is 0 Å². The molecule has 1 aliphatic heterocycles. The number of hydrogen-bond donors (Lipinski definition) is 1. The molecule has 1 fully saturated rings. The van der Waals surface area contributed by atoms with Crippen molar-refractivity contribution in [3.05, 3.63) is 0 Å². The third-order valence-electron chi connectivity index (χ3n) is 2.51. The number of carbonyl (C=O) groups excluding carboxylic acids is 1. The molecular formula is C10H20N2O2S. The fourth-order valence-electron chi connectivity index (χ4n) is 1.86. The van der Waals surface area contributed by atoms with Gasteiger partial charge in [-0.25, -0.2) is 0 Å². The third kappa shape index (κ3) is 3.36. The Morgan fingerprint density at radius 2 is 2.07 bits per heavy atom. The Kier molecular flexibility index (Phi) is 4.89. The topological polar surface area (TPSA) is 55.6 Å². The van der Waals surface area contributed by atoms with E-state index in [4.69, 9.17) is 10.5 Å². The van der Waals surface area contributed by atoms with Crippen LogP contribution in [0.1, 0.15) is 13.8 Å². The zero-order valence-corrected chi connectivity index (χ0v) is 10.4. The van der Waals surface area contributed by atoms with E-state index in [1.807, 2.05) is 16.7 Å². The number of hydrogen-bond acceptors (Lipinski definition) is 4. The highest BCUT2D eigenvalue weighted by Crippen LogP contribution is 2.25. The van der Waals surface area contributed by atoms with E-state index in [9.17, 15) is 4.79 Å².